The minimum absolute atomic E-state index is 0.113. The van der Waals surface area contributed by atoms with Crippen molar-refractivity contribution in [2.75, 3.05) is 5.43 Å². The lowest BCUT2D eigenvalue weighted by atomic mass is 10.2. The summed E-state index contributed by atoms with van der Waals surface area (Å²) in [4.78, 5) is 22.5. The van der Waals surface area contributed by atoms with Crippen molar-refractivity contribution in [2.45, 2.75) is 25.6 Å². The van der Waals surface area contributed by atoms with Gasteiger partial charge in [-0.05, 0) is 13.0 Å². The van der Waals surface area contributed by atoms with Crippen LogP contribution >= 0.6 is 0 Å². The minimum atomic E-state index is -4.57. The fourth-order valence-corrected chi connectivity index (χ4v) is 1.66. The zero-order valence-electron chi connectivity index (χ0n) is 11.5. The lowest BCUT2D eigenvalue weighted by Crippen LogP contribution is -2.32. The molecule has 118 valence electrons. The number of carbonyl (C=O) groups is 1. The predicted molar refractivity (Wildman–Crippen MR) is 70.4 cm³/mol. The maximum Gasteiger partial charge on any atom is 0.433 e. The van der Waals surface area contributed by atoms with Gasteiger partial charge in [0.25, 0.3) is 0 Å². The number of nitrogens with zero attached hydrogens (tertiary/aromatic N) is 4. The van der Waals surface area contributed by atoms with Crippen LogP contribution in [0.25, 0.3) is 0 Å². The van der Waals surface area contributed by atoms with E-state index in [1.165, 1.54) is 0 Å². The number of alkyl halides is 3. The first-order chi connectivity index (χ1) is 10.4. The first-order valence-corrected chi connectivity index (χ1v) is 6.29. The van der Waals surface area contributed by atoms with Crippen molar-refractivity contribution in [3.05, 3.63) is 36.7 Å². The number of rotatable bonds is 5. The first kappa shape index (κ1) is 15.7. The molecule has 0 aromatic carbocycles. The molecule has 2 N–H and O–H groups in total. The van der Waals surface area contributed by atoms with Crippen molar-refractivity contribution in [2.24, 2.45) is 0 Å². The average molecular weight is 314 g/mol. The van der Waals surface area contributed by atoms with Crippen LogP contribution in [-0.4, -0.2) is 25.4 Å². The molecule has 10 heteroatoms. The molecule has 2 rings (SSSR count). The van der Waals surface area contributed by atoms with E-state index < -0.39 is 17.8 Å². The van der Waals surface area contributed by atoms with E-state index in [9.17, 15) is 18.0 Å². The number of nitrogens with one attached hydrogen (secondary N) is 2. The number of halogens is 3. The molecule has 0 bridgehead atoms. The summed E-state index contributed by atoms with van der Waals surface area (Å²) >= 11 is 0. The Morgan fingerprint density at radius 2 is 2.18 bits per heavy atom. The second-order valence-corrected chi connectivity index (χ2v) is 4.50. The molecule has 0 fully saturated rings. The Morgan fingerprint density at radius 3 is 2.82 bits per heavy atom. The molecule has 2 heterocycles. The summed E-state index contributed by atoms with van der Waals surface area (Å²) in [6.45, 7) is 1.81. The van der Waals surface area contributed by atoms with E-state index in [0.29, 0.717) is 0 Å². The first-order valence-electron chi connectivity index (χ1n) is 6.29. The second kappa shape index (κ2) is 6.41. The molecule has 1 amide bonds. The monoisotopic (exact) mass is 314 g/mol. The highest BCUT2D eigenvalue weighted by Crippen LogP contribution is 2.27. The van der Waals surface area contributed by atoms with E-state index in [4.69, 9.17) is 0 Å². The van der Waals surface area contributed by atoms with Crippen LogP contribution in [-0.2, 0) is 11.0 Å². The highest BCUT2D eigenvalue weighted by Gasteiger charge is 2.32. The third kappa shape index (κ3) is 4.17. The Hall–Kier alpha value is -2.65. The van der Waals surface area contributed by atoms with E-state index in [-0.39, 0.29) is 18.4 Å². The number of carbonyl (C=O) groups excluding carboxylic acids is 1. The number of hydrogen-bond acceptors (Lipinski definition) is 5. The Morgan fingerprint density at radius 1 is 1.41 bits per heavy atom. The lowest BCUT2D eigenvalue weighted by Gasteiger charge is -2.13. The van der Waals surface area contributed by atoms with Crippen LogP contribution in [0.5, 0.6) is 0 Å². The molecular weight excluding hydrogens is 301 g/mol. The molecule has 1 atom stereocenters. The maximum atomic E-state index is 12.5. The van der Waals surface area contributed by atoms with Crippen LogP contribution < -0.4 is 10.9 Å². The maximum absolute atomic E-state index is 12.5. The molecule has 0 saturated heterocycles. The Balaban J connectivity index is 1.89. The summed E-state index contributed by atoms with van der Waals surface area (Å²) in [6, 6.07) is 0.598. The molecular formula is C12H13F3N6O. The van der Waals surface area contributed by atoms with Gasteiger partial charge in [-0.15, -0.1) is 0 Å². The third-order valence-corrected chi connectivity index (χ3v) is 2.77. The van der Waals surface area contributed by atoms with Crippen molar-refractivity contribution in [1.82, 2.24) is 24.9 Å². The Bertz CT molecular complexity index is 628. The topological polar surface area (TPSA) is 84.7 Å². The van der Waals surface area contributed by atoms with Gasteiger partial charge in [0.1, 0.15) is 5.69 Å². The van der Waals surface area contributed by atoms with Gasteiger partial charge in [0, 0.05) is 31.1 Å². The SMILES string of the molecule is CC(CC(=O)NNc1nccc(C(F)(F)F)n1)n1ccnc1. The molecule has 2 aromatic rings. The Kier molecular flexibility index (Phi) is 4.59. The molecule has 2 aromatic heterocycles. The number of hydrazine groups is 1. The zero-order chi connectivity index (χ0) is 16.2. The molecule has 0 saturated carbocycles. The molecule has 0 aliphatic carbocycles. The number of aromatic nitrogens is 4. The van der Waals surface area contributed by atoms with E-state index >= 15 is 0 Å². The van der Waals surface area contributed by atoms with Crippen LogP contribution in [0.2, 0.25) is 0 Å². The molecule has 7 nitrogen and oxygen atoms in total. The van der Waals surface area contributed by atoms with Gasteiger partial charge < -0.3 is 4.57 Å². The smallest absolute Gasteiger partial charge is 0.334 e. The quantitative estimate of drug-likeness (QED) is 0.822. The second-order valence-electron chi connectivity index (χ2n) is 4.50. The standard InChI is InChI=1S/C12H13F3N6O/c1-8(21-5-4-16-7-21)6-10(22)19-20-11-17-3-2-9(18-11)12(13,14)15/h2-5,7-8H,6H2,1H3,(H,19,22)(H,17,18,20). The van der Waals surface area contributed by atoms with E-state index in [0.717, 1.165) is 12.3 Å². The summed E-state index contributed by atoms with van der Waals surface area (Å²) in [5, 5.41) is 0. The van der Waals surface area contributed by atoms with Crippen molar-refractivity contribution in [1.29, 1.82) is 0 Å². The van der Waals surface area contributed by atoms with Crippen LogP contribution in [0.15, 0.2) is 31.0 Å². The van der Waals surface area contributed by atoms with E-state index in [1.54, 1.807) is 23.3 Å². The third-order valence-electron chi connectivity index (χ3n) is 2.77. The number of imidazole rings is 1. The largest absolute Gasteiger partial charge is 0.433 e. The van der Waals surface area contributed by atoms with Crippen LogP contribution in [0.3, 0.4) is 0 Å². The van der Waals surface area contributed by atoms with Crippen molar-refractivity contribution in [3.63, 3.8) is 0 Å². The van der Waals surface area contributed by atoms with Gasteiger partial charge in [-0.1, -0.05) is 0 Å². The fourth-order valence-electron chi connectivity index (χ4n) is 1.66. The van der Waals surface area contributed by atoms with Gasteiger partial charge in [0.15, 0.2) is 0 Å². The molecule has 0 aliphatic heterocycles. The summed E-state index contributed by atoms with van der Waals surface area (Å²) in [5.41, 5.74) is 3.42. The van der Waals surface area contributed by atoms with Gasteiger partial charge in [-0.3, -0.25) is 15.6 Å². The normalized spacial score (nSPS) is 12.7. The Labute approximate surface area is 123 Å². The van der Waals surface area contributed by atoms with Crippen LogP contribution in [0.1, 0.15) is 25.1 Å². The van der Waals surface area contributed by atoms with E-state index in [2.05, 4.69) is 25.8 Å². The minimum Gasteiger partial charge on any atom is -0.334 e. The van der Waals surface area contributed by atoms with Gasteiger partial charge in [0.2, 0.25) is 11.9 Å². The van der Waals surface area contributed by atoms with Crippen LogP contribution in [0.4, 0.5) is 19.1 Å². The highest BCUT2D eigenvalue weighted by molar-refractivity contribution is 5.77. The van der Waals surface area contributed by atoms with Crippen molar-refractivity contribution in [3.8, 4) is 0 Å². The summed E-state index contributed by atoms with van der Waals surface area (Å²) in [5.74, 6) is -0.749. The molecule has 1 unspecified atom stereocenters. The number of amides is 1. The van der Waals surface area contributed by atoms with E-state index in [1.807, 2.05) is 6.92 Å². The summed E-state index contributed by atoms with van der Waals surface area (Å²) < 4.78 is 39.2. The molecule has 0 aliphatic rings. The lowest BCUT2D eigenvalue weighted by molar-refractivity contribution is -0.141. The fraction of sp³-hybridized carbons (Fsp3) is 0.333. The van der Waals surface area contributed by atoms with Gasteiger partial charge in [-0.2, -0.15) is 13.2 Å². The van der Waals surface area contributed by atoms with Gasteiger partial charge in [-0.25, -0.2) is 15.0 Å². The molecule has 0 radical (unpaired) electrons. The average Bonchev–Trinajstić information content (AvgIpc) is 2.99. The van der Waals surface area contributed by atoms with Crippen molar-refractivity contribution < 1.29 is 18.0 Å². The van der Waals surface area contributed by atoms with Gasteiger partial charge >= 0.3 is 6.18 Å². The summed E-state index contributed by atoms with van der Waals surface area (Å²) in [7, 11) is 0. The number of anilines is 1. The highest BCUT2D eigenvalue weighted by atomic mass is 19.4. The number of hydrogen-bond donors (Lipinski definition) is 2. The van der Waals surface area contributed by atoms with Crippen molar-refractivity contribution >= 4 is 11.9 Å². The van der Waals surface area contributed by atoms with Crippen LogP contribution in [0, 0.1) is 0 Å². The summed E-state index contributed by atoms with van der Waals surface area (Å²) in [6.07, 6.45) is 1.37. The predicted octanol–water partition coefficient (Wildman–Crippen LogP) is 1.79. The van der Waals surface area contributed by atoms with Gasteiger partial charge in [0.05, 0.1) is 6.33 Å². The zero-order valence-corrected chi connectivity index (χ0v) is 11.5. The molecule has 0 spiro atoms. The molecule has 22 heavy (non-hydrogen) atoms.